The van der Waals surface area contributed by atoms with Gasteiger partial charge in [-0.2, -0.15) is 0 Å². The number of methoxy groups -OCH3 is 1. The van der Waals surface area contributed by atoms with Gasteiger partial charge in [-0.3, -0.25) is 0 Å². The molecular weight excluding hydrogens is 332 g/mol. The Morgan fingerprint density at radius 1 is 1.31 bits per heavy atom. The van der Waals surface area contributed by atoms with Crippen LogP contribution >= 0.6 is 31.9 Å². The summed E-state index contributed by atoms with van der Waals surface area (Å²) in [5, 5.41) is 1.01. The molecule has 0 aliphatic rings. The van der Waals surface area contributed by atoms with Crippen LogP contribution in [0.15, 0.2) is 28.7 Å². The van der Waals surface area contributed by atoms with Gasteiger partial charge >= 0.3 is 0 Å². The van der Waals surface area contributed by atoms with Gasteiger partial charge in [-0.25, -0.2) is 0 Å². The molecule has 2 atom stereocenters. The largest absolute Gasteiger partial charge is 0.384 e. The quantitative estimate of drug-likeness (QED) is 0.696. The van der Waals surface area contributed by atoms with Crippen molar-refractivity contribution in [3.63, 3.8) is 0 Å². The molecule has 0 saturated carbocycles. The van der Waals surface area contributed by atoms with Crippen LogP contribution in [-0.2, 0) is 11.2 Å². The van der Waals surface area contributed by atoms with Gasteiger partial charge in [0.25, 0.3) is 0 Å². The van der Waals surface area contributed by atoms with Gasteiger partial charge in [-0.05, 0) is 29.9 Å². The van der Waals surface area contributed by atoms with Crippen molar-refractivity contribution in [1.29, 1.82) is 0 Å². The lowest BCUT2D eigenvalue weighted by atomic mass is 9.90. The lowest BCUT2D eigenvalue weighted by Crippen LogP contribution is -2.20. The van der Waals surface area contributed by atoms with Crippen molar-refractivity contribution in [1.82, 2.24) is 0 Å². The van der Waals surface area contributed by atoms with Crippen molar-refractivity contribution >= 4 is 31.9 Å². The van der Waals surface area contributed by atoms with Crippen molar-refractivity contribution in [2.24, 2.45) is 11.8 Å². The predicted molar refractivity (Wildman–Crippen MR) is 76.2 cm³/mol. The Morgan fingerprint density at radius 3 is 2.56 bits per heavy atom. The van der Waals surface area contributed by atoms with Crippen LogP contribution in [0, 0.1) is 11.8 Å². The summed E-state index contributed by atoms with van der Waals surface area (Å²) in [5.41, 5.74) is 1.37. The molecule has 2 unspecified atom stereocenters. The zero-order valence-electron chi connectivity index (χ0n) is 9.75. The number of rotatable bonds is 6. The van der Waals surface area contributed by atoms with Gasteiger partial charge in [0.1, 0.15) is 0 Å². The van der Waals surface area contributed by atoms with Crippen LogP contribution in [0.4, 0.5) is 0 Å². The minimum Gasteiger partial charge on any atom is -0.384 e. The van der Waals surface area contributed by atoms with Gasteiger partial charge in [0.2, 0.25) is 0 Å². The van der Waals surface area contributed by atoms with Crippen LogP contribution in [0.1, 0.15) is 12.5 Å². The van der Waals surface area contributed by atoms with Gasteiger partial charge in [-0.15, -0.1) is 0 Å². The summed E-state index contributed by atoms with van der Waals surface area (Å²) in [7, 11) is 1.76. The Hall–Kier alpha value is 0.140. The standard InChI is InChI=1S/C13H18Br2O/c1-10(9-16-2)12(8-14)7-11-5-3-4-6-13(11)15/h3-6,10,12H,7-9H2,1-2H3. The molecule has 0 heterocycles. The molecule has 0 fully saturated rings. The molecule has 90 valence electrons. The van der Waals surface area contributed by atoms with Gasteiger partial charge < -0.3 is 4.74 Å². The highest BCUT2D eigenvalue weighted by Crippen LogP contribution is 2.24. The van der Waals surface area contributed by atoms with E-state index in [1.807, 2.05) is 0 Å². The molecule has 0 aliphatic heterocycles. The first kappa shape index (κ1) is 14.2. The fourth-order valence-corrected chi connectivity index (χ4v) is 3.07. The second kappa shape index (κ2) is 7.46. The zero-order valence-corrected chi connectivity index (χ0v) is 12.9. The number of halogens is 2. The maximum Gasteiger partial charge on any atom is 0.0490 e. The Kier molecular flexibility index (Phi) is 6.62. The van der Waals surface area contributed by atoms with Crippen LogP contribution in [0.2, 0.25) is 0 Å². The average molecular weight is 350 g/mol. The van der Waals surface area contributed by atoms with Crippen molar-refractivity contribution < 1.29 is 4.74 Å². The fraction of sp³-hybridized carbons (Fsp3) is 0.538. The maximum absolute atomic E-state index is 5.22. The van der Waals surface area contributed by atoms with Crippen molar-refractivity contribution in [3.05, 3.63) is 34.3 Å². The molecule has 16 heavy (non-hydrogen) atoms. The molecule has 1 nitrogen and oxygen atoms in total. The van der Waals surface area contributed by atoms with Crippen LogP contribution in [0.5, 0.6) is 0 Å². The van der Waals surface area contributed by atoms with Gasteiger partial charge in [0.15, 0.2) is 0 Å². The van der Waals surface area contributed by atoms with Crippen molar-refractivity contribution in [2.75, 3.05) is 19.0 Å². The molecule has 1 aromatic carbocycles. The smallest absolute Gasteiger partial charge is 0.0490 e. The summed E-state index contributed by atoms with van der Waals surface area (Å²) < 4.78 is 6.42. The molecule has 1 aromatic rings. The highest BCUT2D eigenvalue weighted by Gasteiger charge is 2.17. The third-order valence-electron chi connectivity index (χ3n) is 2.87. The van der Waals surface area contributed by atoms with Crippen LogP contribution in [0.3, 0.4) is 0 Å². The summed E-state index contributed by atoms with van der Waals surface area (Å²) >= 11 is 7.19. The van der Waals surface area contributed by atoms with E-state index in [9.17, 15) is 0 Å². The normalized spacial score (nSPS) is 14.8. The molecule has 0 saturated heterocycles. The van der Waals surface area contributed by atoms with Gasteiger partial charge in [0.05, 0.1) is 0 Å². The maximum atomic E-state index is 5.22. The van der Waals surface area contributed by atoms with Gasteiger partial charge in [0, 0.05) is 23.5 Å². The predicted octanol–water partition coefficient (Wildman–Crippen LogP) is 4.29. The summed E-state index contributed by atoms with van der Waals surface area (Å²) in [6.07, 6.45) is 1.08. The minimum absolute atomic E-state index is 0.566. The molecule has 0 spiro atoms. The molecule has 0 N–H and O–H groups in total. The number of hydrogen-bond donors (Lipinski definition) is 0. The first-order valence-electron chi connectivity index (χ1n) is 5.47. The molecule has 3 heteroatoms. The summed E-state index contributed by atoms with van der Waals surface area (Å²) in [5.74, 6) is 1.18. The Labute approximate surface area is 115 Å². The third kappa shape index (κ3) is 4.19. The van der Waals surface area contributed by atoms with E-state index >= 15 is 0 Å². The SMILES string of the molecule is COCC(C)C(CBr)Cc1ccccc1Br. The number of ether oxygens (including phenoxy) is 1. The molecular formula is C13H18Br2O. The van der Waals surface area contributed by atoms with Crippen LogP contribution < -0.4 is 0 Å². The Morgan fingerprint density at radius 2 is 2.00 bits per heavy atom. The van der Waals surface area contributed by atoms with E-state index in [2.05, 4.69) is 63.0 Å². The molecule has 0 aromatic heterocycles. The summed E-state index contributed by atoms with van der Waals surface area (Å²) in [6, 6.07) is 8.42. The lowest BCUT2D eigenvalue weighted by molar-refractivity contribution is 0.135. The number of benzene rings is 1. The van der Waals surface area contributed by atoms with E-state index in [1.54, 1.807) is 7.11 Å². The second-order valence-corrected chi connectivity index (χ2v) is 5.64. The van der Waals surface area contributed by atoms with E-state index < -0.39 is 0 Å². The fourth-order valence-electron chi connectivity index (χ4n) is 1.75. The molecule has 1 rings (SSSR count). The molecule has 0 aliphatic carbocycles. The monoisotopic (exact) mass is 348 g/mol. The van der Waals surface area contributed by atoms with E-state index in [1.165, 1.54) is 10.0 Å². The Balaban J connectivity index is 2.66. The molecule has 0 radical (unpaired) electrons. The minimum atomic E-state index is 0.566. The van der Waals surface area contributed by atoms with E-state index in [-0.39, 0.29) is 0 Å². The summed E-state index contributed by atoms with van der Waals surface area (Å²) in [6.45, 7) is 3.06. The van der Waals surface area contributed by atoms with Crippen LogP contribution in [0.25, 0.3) is 0 Å². The van der Waals surface area contributed by atoms with E-state index in [0.717, 1.165) is 18.4 Å². The number of alkyl halides is 1. The van der Waals surface area contributed by atoms with Gasteiger partial charge in [-0.1, -0.05) is 57.0 Å². The van der Waals surface area contributed by atoms with Crippen molar-refractivity contribution in [2.45, 2.75) is 13.3 Å². The Bertz CT molecular complexity index is 315. The highest BCUT2D eigenvalue weighted by molar-refractivity contribution is 9.10. The lowest BCUT2D eigenvalue weighted by Gasteiger charge is -2.21. The first-order chi connectivity index (χ1) is 7.69. The van der Waals surface area contributed by atoms with Crippen molar-refractivity contribution in [3.8, 4) is 0 Å². The first-order valence-corrected chi connectivity index (χ1v) is 7.38. The number of hydrogen-bond acceptors (Lipinski definition) is 1. The third-order valence-corrected chi connectivity index (χ3v) is 4.48. The van der Waals surface area contributed by atoms with E-state index in [4.69, 9.17) is 4.74 Å². The highest BCUT2D eigenvalue weighted by atomic mass is 79.9. The zero-order chi connectivity index (χ0) is 12.0. The topological polar surface area (TPSA) is 9.23 Å². The second-order valence-electron chi connectivity index (χ2n) is 4.14. The molecule has 0 bridgehead atoms. The average Bonchev–Trinajstić information content (AvgIpc) is 2.28. The summed E-state index contributed by atoms with van der Waals surface area (Å²) in [4.78, 5) is 0. The van der Waals surface area contributed by atoms with Crippen LogP contribution in [-0.4, -0.2) is 19.0 Å². The molecule has 0 amide bonds. The van der Waals surface area contributed by atoms with E-state index in [0.29, 0.717) is 11.8 Å².